The summed E-state index contributed by atoms with van der Waals surface area (Å²) in [6, 6.07) is 0. The predicted octanol–water partition coefficient (Wildman–Crippen LogP) is 4.87. The molecule has 0 aliphatic carbocycles. The standard InChI is InChI=1S/C13H17F5O/c1-5-11(7-6-10(4)9(2)3)19-8-12(14,15)13(16,17)18/h5-7,9H,4,8H2,1-3H3/b7-6-,11-5+. The van der Waals surface area contributed by atoms with Gasteiger partial charge in [-0.1, -0.05) is 32.1 Å². The Kier molecular flexibility index (Phi) is 6.25. The van der Waals surface area contributed by atoms with Crippen molar-refractivity contribution in [1.29, 1.82) is 0 Å². The summed E-state index contributed by atoms with van der Waals surface area (Å²) in [5.41, 5.74) is 0.713. The summed E-state index contributed by atoms with van der Waals surface area (Å²) < 4.78 is 65.5. The molecule has 110 valence electrons. The van der Waals surface area contributed by atoms with Crippen LogP contribution in [0.1, 0.15) is 20.8 Å². The van der Waals surface area contributed by atoms with Gasteiger partial charge < -0.3 is 4.74 Å². The molecular formula is C13H17F5O. The second kappa shape index (κ2) is 6.73. The Morgan fingerprint density at radius 3 is 2.05 bits per heavy atom. The van der Waals surface area contributed by atoms with Crippen molar-refractivity contribution < 1.29 is 26.7 Å². The minimum atomic E-state index is -5.61. The van der Waals surface area contributed by atoms with Crippen LogP contribution in [0.3, 0.4) is 0 Å². The molecule has 0 radical (unpaired) electrons. The molecule has 0 fully saturated rings. The lowest BCUT2D eigenvalue weighted by atomic mass is 10.1. The van der Waals surface area contributed by atoms with E-state index >= 15 is 0 Å². The van der Waals surface area contributed by atoms with Crippen molar-refractivity contribution in [3.8, 4) is 0 Å². The maximum atomic E-state index is 12.6. The molecule has 0 heterocycles. The molecule has 0 spiro atoms. The fourth-order valence-corrected chi connectivity index (χ4v) is 0.865. The molecule has 0 saturated carbocycles. The molecule has 1 nitrogen and oxygen atoms in total. The Bertz CT molecular complexity index is 364. The summed E-state index contributed by atoms with van der Waals surface area (Å²) in [6.45, 7) is 7.20. The largest absolute Gasteiger partial charge is 0.487 e. The van der Waals surface area contributed by atoms with Gasteiger partial charge in [-0.05, 0) is 25.0 Å². The van der Waals surface area contributed by atoms with Crippen LogP contribution in [0.5, 0.6) is 0 Å². The van der Waals surface area contributed by atoms with Crippen molar-refractivity contribution in [2.45, 2.75) is 32.9 Å². The third kappa shape index (κ3) is 5.89. The summed E-state index contributed by atoms with van der Waals surface area (Å²) in [5, 5.41) is 0. The highest BCUT2D eigenvalue weighted by Crippen LogP contribution is 2.35. The zero-order chi connectivity index (χ0) is 15.3. The van der Waals surface area contributed by atoms with E-state index in [0.717, 1.165) is 0 Å². The van der Waals surface area contributed by atoms with Crippen molar-refractivity contribution in [1.82, 2.24) is 0 Å². The first kappa shape index (κ1) is 17.7. The van der Waals surface area contributed by atoms with E-state index in [1.165, 1.54) is 25.2 Å². The number of halogens is 5. The smallest absolute Gasteiger partial charge is 0.456 e. The van der Waals surface area contributed by atoms with Gasteiger partial charge in [0.1, 0.15) is 5.76 Å². The van der Waals surface area contributed by atoms with Gasteiger partial charge in [0, 0.05) is 0 Å². The van der Waals surface area contributed by atoms with E-state index in [4.69, 9.17) is 0 Å². The molecule has 0 aromatic carbocycles. The molecule has 0 bridgehead atoms. The van der Waals surface area contributed by atoms with E-state index in [-0.39, 0.29) is 11.7 Å². The second-order valence-corrected chi connectivity index (χ2v) is 4.24. The third-order valence-corrected chi connectivity index (χ3v) is 2.32. The number of rotatable bonds is 6. The monoisotopic (exact) mass is 284 g/mol. The van der Waals surface area contributed by atoms with Gasteiger partial charge in [0.15, 0.2) is 6.61 Å². The maximum Gasteiger partial charge on any atom is 0.456 e. The molecule has 0 aliphatic rings. The van der Waals surface area contributed by atoms with E-state index < -0.39 is 18.7 Å². The van der Waals surface area contributed by atoms with Gasteiger partial charge in [-0.2, -0.15) is 22.0 Å². The van der Waals surface area contributed by atoms with Crippen molar-refractivity contribution in [3.05, 3.63) is 36.1 Å². The number of hydrogen-bond donors (Lipinski definition) is 0. The first-order valence-corrected chi connectivity index (χ1v) is 5.61. The van der Waals surface area contributed by atoms with Crippen LogP contribution < -0.4 is 0 Å². The van der Waals surface area contributed by atoms with Gasteiger partial charge in [0.25, 0.3) is 0 Å². The number of ether oxygens (including phenoxy) is 1. The van der Waals surface area contributed by atoms with Crippen molar-refractivity contribution >= 4 is 0 Å². The molecule has 0 N–H and O–H groups in total. The molecule has 0 amide bonds. The molecule has 19 heavy (non-hydrogen) atoms. The van der Waals surface area contributed by atoms with Gasteiger partial charge in [-0.3, -0.25) is 0 Å². The van der Waals surface area contributed by atoms with Gasteiger partial charge in [0.2, 0.25) is 0 Å². The van der Waals surface area contributed by atoms with Crippen LogP contribution in [0.4, 0.5) is 22.0 Å². The summed E-state index contributed by atoms with van der Waals surface area (Å²) in [7, 11) is 0. The highest BCUT2D eigenvalue weighted by molar-refractivity contribution is 5.23. The first-order valence-electron chi connectivity index (χ1n) is 5.61. The van der Waals surface area contributed by atoms with Gasteiger partial charge in [-0.25, -0.2) is 0 Å². The van der Waals surface area contributed by atoms with Crippen LogP contribution >= 0.6 is 0 Å². The summed E-state index contributed by atoms with van der Waals surface area (Å²) in [4.78, 5) is 0. The van der Waals surface area contributed by atoms with Crippen LogP contribution in [-0.2, 0) is 4.74 Å². The minimum Gasteiger partial charge on any atom is -0.487 e. The Balaban J connectivity index is 4.59. The van der Waals surface area contributed by atoms with Crippen molar-refractivity contribution in [2.75, 3.05) is 6.61 Å². The SMILES string of the molecule is C=C(/C=C\C(=C/C)OCC(F)(F)C(F)(F)F)C(C)C. The topological polar surface area (TPSA) is 9.23 Å². The third-order valence-electron chi connectivity index (χ3n) is 2.32. The molecule has 6 heteroatoms. The molecule has 0 rings (SSSR count). The number of allylic oxidation sites excluding steroid dienone is 4. The van der Waals surface area contributed by atoms with Gasteiger partial charge >= 0.3 is 12.1 Å². The molecule has 0 aromatic rings. The second-order valence-electron chi connectivity index (χ2n) is 4.24. The zero-order valence-electron chi connectivity index (χ0n) is 11.0. The quantitative estimate of drug-likeness (QED) is 0.384. The molecule has 0 aliphatic heterocycles. The van der Waals surface area contributed by atoms with E-state index in [0.29, 0.717) is 5.57 Å². The predicted molar refractivity (Wildman–Crippen MR) is 63.8 cm³/mol. The van der Waals surface area contributed by atoms with Gasteiger partial charge in [-0.15, -0.1) is 0 Å². The zero-order valence-corrected chi connectivity index (χ0v) is 11.0. The van der Waals surface area contributed by atoms with E-state index in [9.17, 15) is 22.0 Å². The average molecular weight is 284 g/mol. The van der Waals surface area contributed by atoms with Crippen LogP contribution in [0.25, 0.3) is 0 Å². The highest BCUT2D eigenvalue weighted by atomic mass is 19.4. The lowest BCUT2D eigenvalue weighted by molar-refractivity contribution is -0.293. The lowest BCUT2D eigenvalue weighted by Gasteiger charge is -2.20. The van der Waals surface area contributed by atoms with E-state index in [1.54, 1.807) is 0 Å². The fraction of sp³-hybridized carbons (Fsp3) is 0.538. The van der Waals surface area contributed by atoms with Crippen LogP contribution in [0.15, 0.2) is 36.1 Å². The molecule has 0 aromatic heterocycles. The molecule has 0 unspecified atom stereocenters. The summed E-state index contributed by atoms with van der Waals surface area (Å²) in [5.74, 6) is -4.79. The average Bonchev–Trinajstić information content (AvgIpc) is 2.27. The minimum absolute atomic E-state index is 0.0641. The molecule has 0 atom stereocenters. The van der Waals surface area contributed by atoms with Crippen LogP contribution in [0, 0.1) is 5.92 Å². The summed E-state index contributed by atoms with van der Waals surface area (Å²) in [6.07, 6.45) is -1.48. The Morgan fingerprint density at radius 1 is 1.16 bits per heavy atom. The highest BCUT2D eigenvalue weighted by Gasteiger charge is 2.58. The van der Waals surface area contributed by atoms with Crippen molar-refractivity contribution in [2.24, 2.45) is 5.92 Å². The lowest BCUT2D eigenvalue weighted by Crippen LogP contribution is -2.40. The number of hydrogen-bond acceptors (Lipinski definition) is 1. The van der Waals surface area contributed by atoms with Crippen LogP contribution in [0.2, 0.25) is 0 Å². The Labute approximate surface area is 109 Å². The Hall–Kier alpha value is -1.33. The Morgan fingerprint density at radius 2 is 1.68 bits per heavy atom. The first-order chi connectivity index (χ1) is 8.51. The number of alkyl halides is 5. The molecular weight excluding hydrogens is 267 g/mol. The fourth-order valence-electron chi connectivity index (χ4n) is 0.865. The van der Waals surface area contributed by atoms with Crippen LogP contribution in [-0.4, -0.2) is 18.7 Å². The molecule has 0 saturated heterocycles. The van der Waals surface area contributed by atoms with Gasteiger partial charge in [0.05, 0.1) is 0 Å². The van der Waals surface area contributed by atoms with E-state index in [2.05, 4.69) is 11.3 Å². The summed E-state index contributed by atoms with van der Waals surface area (Å²) >= 11 is 0. The normalized spacial score (nSPS) is 14.3. The van der Waals surface area contributed by atoms with Crippen molar-refractivity contribution in [3.63, 3.8) is 0 Å². The maximum absolute atomic E-state index is 12.6. The van der Waals surface area contributed by atoms with E-state index in [1.807, 2.05) is 13.8 Å².